The molecular weight excluding hydrogens is 324 g/mol. The number of fused-ring (bicyclic) bond motifs is 1. The molecule has 2 nitrogen and oxygen atoms in total. The van der Waals surface area contributed by atoms with Gasteiger partial charge in [0.1, 0.15) is 0 Å². The summed E-state index contributed by atoms with van der Waals surface area (Å²) in [5.74, 6) is 2.46. The number of unbranched alkanes of at least 4 members (excludes halogenated alkanes) is 1. The lowest BCUT2D eigenvalue weighted by molar-refractivity contribution is -0.0204. The van der Waals surface area contributed by atoms with Crippen LogP contribution in [0.1, 0.15) is 86.0 Å². The smallest absolute Gasteiger partial charge is 0.192 e. The highest BCUT2D eigenvalue weighted by atomic mass is 28.4. The third kappa shape index (κ3) is 4.52. The van der Waals surface area contributed by atoms with E-state index >= 15 is 0 Å². The van der Waals surface area contributed by atoms with E-state index in [1.54, 1.807) is 0 Å². The van der Waals surface area contributed by atoms with Crippen LogP contribution in [-0.2, 0) is 4.43 Å². The Labute approximate surface area is 158 Å². The molecule has 0 amide bonds. The lowest BCUT2D eigenvalue weighted by Crippen LogP contribution is -2.48. The quantitative estimate of drug-likeness (QED) is 0.357. The Kier molecular flexibility index (Phi) is 8.03. The van der Waals surface area contributed by atoms with E-state index in [1.807, 2.05) is 0 Å². The summed E-state index contributed by atoms with van der Waals surface area (Å²) in [5.41, 5.74) is 0.497. The van der Waals surface area contributed by atoms with Gasteiger partial charge < -0.3 is 9.53 Å². The molecule has 0 unspecified atom stereocenters. The second-order valence-corrected chi connectivity index (χ2v) is 14.0. The Balaban J connectivity index is 2.07. The van der Waals surface area contributed by atoms with Crippen molar-refractivity contribution in [2.24, 2.45) is 23.2 Å². The van der Waals surface area contributed by atoms with Crippen molar-refractivity contribution in [2.45, 2.75) is 110 Å². The fraction of sp³-hybridized carbons (Fsp3) is 1.00. The first kappa shape index (κ1) is 21.4. The molecule has 0 saturated heterocycles. The van der Waals surface area contributed by atoms with Crippen molar-refractivity contribution >= 4 is 8.32 Å². The third-order valence-corrected chi connectivity index (χ3v) is 12.9. The van der Waals surface area contributed by atoms with Gasteiger partial charge in [0.25, 0.3) is 0 Å². The highest BCUT2D eigenvalue weighted by molar-refractivity contribution is 6.73. The zero-order valence-corrected chi connectivity index (χ0v) is 18.7. The Bertz CT molecular complexity index is 387. The van der Waals surface area contributed by atoms with Crippen molar-refractivity contribution in [3.8, 4) is 0 Å². The van der Waals surface area contributed by atoms with Gasteiger partial charge in [0, 0.05) is 12.7 Å². The van der Waals surface area contributed by atoms with E-state index < -0.39 is 8.32 Å². The number of aliphatic hydroxyl groups is 1. The Morgan fingerprint density at radius 2 is 1.76 bits per heavy atom. The van der Waals surface area contributed by atoms with Crippen molar-refractivity contribution < 1.29 is 9.53 Å². The molecule has 2 rings (SSSR count). The van der Waals surface area contributed by atoms with Gasteiger partial charge in [0.15, 0.2) is 8.32 Å². The van der Waals surface area contributed by atoms with Gasteiger partial charge in [-0.2, -0.15) is 0 Å². The van der Waals surface area contributed by atoms with Crippen LogP contribution in [0.3, 0.4) is 0 Å². The van der Waals surface area contributed by atoms with Gasteiger partial charge in [0.05, 0.1) is 0 Å². The second kappa shape index (κ2) is 9.37. The fourth-order valence-electron chi connectivity index (χ4n) is 6.34. The van der Waals surface area contributed by atoms with E-state index in [-0.39, 0.29) is 0 Å². The summed E-state index contributed by atoms with van der Waals surface area (Å²) >= 11 is 0. The minimum Gasteiger partial charge on any atom is -0.414 e. The monoisotopic (exact) mass is 368 g/mol. The maximum atomic E-state index is 9.08. The summed E-state index contributed by atoms with van der Waals surface area (Å²) in [6.45, 7) is 12.5. The van der Waals surface area contributed by atoms with E-state index in [1.165, 1.54) is 63.1 Å². The first-order valence-corrected chi connectivity index (χ1v) is 13.8. The average Bonchev–Trinajstić information content (AvgIpc) is 2.98. The topological polar surface area (TPSA) is 29.5 Å². The molecule has 1 N–H and O–H groups in total. The molecule has 0 spiro atoms. The summed E-state index contributed by atoms with van der Waals surface area (Å²) in [4.78, 5) is 0. The van der Waals surface area contributed by atoms with Crippen LogP contribution in [-0.4, -0.2) is 26.1 Å². The van der Waals surface area contributed by atoms with Crippen LogP contribution in [0.2, 0.25) is 18.1 Å². The molecule has 0 heterocycles. The summed E-state index contributed by atoms with van der Waals surface area (Å²) in [6.07, 6.45) is 10.9. The van der Waals surface area contributed by atoms with E-state index in [9.17, 15) is 0 Å². The second-order valence-electron chi connectivity index (χ2n) is 9.29. The summed E-state index contributed by atoms with van der Waals surface area (Å²) in [5, 5.41) is 9.08. The minimum atomic E-state index is -1.50. The van der Waals surface area contributed by atoms with Gasteiger partial charge in [-0.05, 0) is 73.4 Å². The maximum Gasteiger partial charge on any atom is 0.192 e. The van der Waals surface area contributed by atoms with Gasteiger partial charge in [-0.1, -0.05) is 53.9 Å². The van der Waals surface area contributed by atoms with Crippen molar-refractivity contribution in [1.82, 2.24) is 0 Å². The van der Waals surface area contributed by atoms with Crippen LogP contribution in [0.15, 0.2) is 0 Å². The van der Waals surface area contributed by atoms with Gasteiger partial charge in [-0.3, -0.25) is 0 Å². The van der Waals surface area contributed by atoms with Crippen molar-refractivity contribution in [1.29, 1.82) is 0 Å². The van der Waals surface area contributed by atoms with Gasteiger partial charge in [0.2, 0.25) is 0 Å². The Hall–Kier alpha value is 0.137. The Morgan fingerprint density at radius 3 is 2.36 bits per heavy atom. The van der Waals surface area contributed by atoms with Gasteiger partial charge in [-0.25, -0.2) is 0 Å². The van der Waals surface area contributed by atoms with Crippen molar-refractivity contribution in [3.05, 3.63) is 0 Å². The average molecular weight is 369 g/mol. The Morgan fingerprint density at radius 1 is 1.08 bits per heavy atom. The molecule has 5 atom stereocenters. The molecule has 0 bridgehead atoms. The van der Waals surface area contributed by atoms with Crippen LogP contribution in [0.25, 0.3) is 0 Å². The molecule has 2 aliphatic carbocycles. The van der Waals surface area contributed by atoms with Crippen LogP contribution >= 0.6 is 0 Å². The highest BCUT2D eigenvalue weighted by Gasteiger charge is 2.53. The van der Waals surface area contributed by atoms with Crippen molar-refractivity contribution in [3.63, 3.8) is 0 Å². The zero-order chi connectivity index (χ0) is 18.5. The molecule has 0 radical (unpaired) electrons. The van der Waals surface area contributed by atoms with Crippen LogP contribution in [0.4, 0.5) is 0 Å². The first-order valence-electron chi connectivity index (χ1n) is 11.2. The molecule has 2 fully saturated rings. The summed E-state index contributed by atoms with van der Waals surface area (Å²) in [6, 6.07) is 3.84. The fourth-order valence-corrected chi connectivity index (χ4v) is 9.26. The summed E-state index contributed by atoms with van der Waals surface area (Å²) < 4.78 is 7.04. The lowest BCUT2D eigenvalue weighted by Gasteiger charge is -2.49. The molecule has 0 aromatic carbocycles. The predicted molar refractivity (Wildman–Crippen MR) is 110 cm³/mol. The first-order chi connectivity index (χ1) is 12.0. The van der Waals surface area contributed by atoms with Crippen LogP contribution in [0, 0.1) is 23.2 Å². The molecule has 25 heavy (non-hydrogen) atoms. The van der Waals surface area contributed by atoms with Crippen LogP contribution < -0.4 is 0 Å². The molecular formula is C22H44O2Si. The molecule has 0 aromatic heterocycles. The third-order valence-electron chi connectivity index (χ3n) is 8.22. The van der Waals surface area contributed by atoms with E-state index in [2.05, 4.69) is 34.6 Å². The number of aliphatic hydroxyl groups excluding tert-OH is 1. The summed E-state index contributed by atoms with van der Waals surface area (Å²) in [7, 11) is -1.50. The standard InChI is InChI=1S/C22H44O2Si/c1-6-25(7-2,8-3)24-21-13-11-16-22(5)19(14-15-20(21)22)18(4)12-9-10-17-23/h18-21,23H,6-17H2,1-5H3/t18-,19-,20+,21+,22-/m1/s1. The largest absolute Gasteiger partial charge is 0.414 e. The lowest BCUT2D eigenvalue weighted by atomic mass is 9.61. The van der Waals surface area contributed by atoms with E-state index in [0.717, 1.165) is 24.2 Å². The van der Waals surface area contributed by atoms with Gasteiger partial charge >= 0.3 is 0 Å². The maximum absolute atomic E-state index is 9.08. The van der Waals surface area contributed by atoms with E-state index in [0.29, 0.717) is 18.1 Å². The highest BCUT2D eigenvalue weighted by Crippen LogP contribution is 2.59. The molecule has 2 saturated carbocycles. The normalized spacial score (nSPS) is 34.1. The molecule has 2 aliphatic rings. The SMILES string of the molecule is CC[Si](CC)(CC)O[C@H]1CCC[C@]2(C)[C@@H]([C@H](C)CCCCO)CC[C@@H]12. The molecule has 3 heteroatoms. The zero-order valence-electron chi connectivity index (χ0n) is 17.7. The van der Waals surface area contributed by atoms with Crippen molar-refractivity contribution in [2.75, 3.05) is 6.61 Å². The van der Waals surface area contributed by atoms with Crippen LogP contribution in [0.5, 0.6) is 0 Å². The number of hydrogen-bond donors (Lipinski definition) is 1. The molecule has 0 aliphatic heterocycles. The van der Waals surface area contributed by atoms with E-state index in [4.69, 9.17) is 9.53 Å². The number of rotatable bonds is 10. The minimum absolute atomic E-state index is 0.352. The number of hydrogen-bond acceptors (Lipinski definition) is 2. The molecule has 0 aromatic rings. The molecule has 148 valence electrons. The predicted octanol–water partition coefficient (Wildman–Crippen LogP) is 6.39. The van der Waals surface area contributed by atoms with Gasteiger partial charge in [-0.15, -0.1) is 0 Å².